The number of nitrogens with two attached hydrogens (primary N) is 1. The van der Waals surface area contributed by atoms with Crippen molar-refractivity contribution < 1.29 is 9.59 Å². The fourth-order valence-corrected chi connectivity index (χ4v) is 1.42. The minimum Gasteiger partial charge on any atom is -0.368 e. The number of hydrogen-bond donors (Lipinski definition) is 2. The Morgan fingerprint density at radius 1 is 1.47 bits per heavy atom. The van der Waals surface area contributed by atoms with E-state index in [0.29, 0.717) is 6.42 Å². The average molecular weight is 235 g/mol. The van der Waals surface area contributed by atoms with Gasteiger partial charge >= 0.3 is 0 Å². The van der Waals surface area contributed by atoms with Crippen LogP contribution in [0.4, 0.5) is 0 Å². The van der Waals surface area contributed by atoms with Crippen molar-refractivity contribution in [1.82, 2.24) is 10.3 Å². The third kappa shape index (κ3) is 4.22. The van der Waals surface area contributed by atoms with Gasteiger partial charge in [0.25, 0.3) is 5.91 Å². The molecule has 1 aromatic rings. The van der Waals surface area contributed by atoms with E-state index in [1.165, 1.54) is 6.20 Å². The van der Waals surface area contributed by atoms with E-state index in [0.717, 1.165) is 12.8 Å². The Bertz CT molecular complexity index is 379. The highest BCUT2D eigenvalue weighted by atomic mass is 16.2. The number of primary amides is 1. The fraction of sp³-hybridized carbons (Fsp3) is 0.417. The molecule has 5 nitrogen and oxygen atoms in total. The van der Waals surface area contributed by atoms with Gasteiger partial charge < -0.3 is 11.1 Å². The zero-order valence-electron chi connectivity index (χ0n) is 9.85. The molecule has 1 heterocycles. The predicted octanol–water partition coefficient (Wildman–Crippen LogP) is 0.855. The third-order valence-electron chi connectivity index (χ3n) is 2.39. The lowest BCUT2D eigenvalue weighted by Crippen LogP contribution is -2.44. The van der Waals surface area contributed by atoms with Crippen molar-refractivity contribution in [2.24, 2.45) is 5.73 Å². The van der Waals surface area contributed by atoms with E-state index in [1.54, 1.807) is 18.2 Å². The fourth-order valence-electron chi connectivity index (χ4n) is 1.42. The molecule has 1 rings (SSSR count). The average Bonchev–Trinajstić information content (AvgIpc) is 2.35. The van der Waals surface area contributed by atoms with Gasteiger partial charge in [0.15, 0.2) is 0 Å². The number of carbonyl (C=O) groups excluding carboxylic acids is 2. The molecule has 0 saturated carbocycles. The molecule has 3 N–H and O–H groups in total. The molecule has 0 aromatic carbocycles. The monoisotopic (exact) mass is 235 g/mol. The normalized spacial score (nSPS) is 11.8. The van der Waals surface area contributed by atoms with Gasteiger partial charge in [-0.05, 0) is 18.6 Å². The van der Waals surface area contributed by atoms with Crippen LogP contribution in [-0.2, 0) is 4.79 Å². The van der Waals surface area contributed by atoms with Gasteiger partial charge in [-0.2, -0.15) is 0 Å². The van der Waals surface area contributed by atoms with Crippen LogP contribution in [0.1, 0.15) is 36.7 Å². The second kappa shape index (κ2) is 6.62. The molecular weight excluding hydrogens is 218 g/mol. The van der Waals surface area contributed by atoms with Crippen LogP contribution in [0.3, 0.4) is 0 Å². The van der Waals surface area contributed by atoms with Crippen molar-refractivity contribution in [2.75, 3.05) is 0 Å². The molecule has 0 fully saturated rings. The number of amides is 2. The van der Waals surface area contributed by atoms with Gasteiger partial charge in [0.05, 0.1) is 0 Å². The van der Waals surface area contributed by atoms with Crippen LogP contribution in [0, 0.1) is 0 Å². The molecule has 0 unspecified atom stereocenters. The standard InChI is InChI=1S/C12H17N3O2/c1-2-3-6-9(11(13)16)15-12(17)10-7-4-5-8-14-10/h4-5,7-9H,2-3,6H2,1H3,(H2,13,16)(H,15,17)/t9-/m1/s1. The number of pyridine rings is 1. The molecule has 0 spiro atoms. The molecule has 0 saturated heterocycles. The highest BCUT2D eigenvalue weighted by Gasteiger charge is 2.18. The number of aromatic nitrogens is 1. The lowest BCUT2D eigenvalue weighted by Gasteiger charge is -2.14. The molecule has 2 amide bonds. The van der Waals surface area contributed by atoms with Gasteiger partial charge in [-0.1, -0.05) is 25.8 Å². The summed E-state index contributed by atoms with van der Waals surface area (Å²) in [5, 5.41) is 2.59. The number of nitrogens with zero attached hydrogens (tertiary/aromatic N) is 1. The maximum Gasteiger partial charge on any atom is 0.270 e. The lowest BCUT2D eigenvalue weighted by atomic mass is 10.1. The predicted molar refractivity (Wildman–Crippen MR) is 64.2 cm³/mol. The van der Waals surface area contributed by atoms with Crippen LogP contribution in [0.5, 0.6) is 0 Å². The van der Waals surface area contributed by atoms with Crippen LogP contribution in [0.15, 0.2) is 24.4 Å². The molecule has 0 aliphatic rings. The van der Waals surface area contributed by atoms with Gasteiger partial charge in [-0.15, -0.1) is 0 Å². The van der Waals surface area contributed by atoms with Gasteiger partial charge in [0, 0.05) is 6.20 Å². The third-order valence-corrected chi connectivity index (χ3v) is 2.39. The Balaban J connectivity index is 2.61. The zero-order chi connectivity index (χ0) is 12.7. The van der Waals surface area contributed by atoms with E-state index in [2.05, 4.69) is 10.3 Å². The Labute approximate surface area is 100 Å². The quantitative estimate of drug-likeness (QED) is 0.766. The van der Waals surface area contributed by atoms with Crippen molar-refractivity contribution in [1.29, 1.82) is 0 Å². The number of hydrogen-bond acceptors (Lipinski definition) is 3. The van der Waals surface area contributed by atoms with Crippen molar-refractivity contribution in [3.8, 4) is 0 Å². The zero-order valence-corrected chi connectivity index (χ0v) is 9.85. The minimum absolute atomic E-state index is 0.287. The Hall–Kier alpha value is -1.91. The molecule has 0 bridgehead atoms. The number of carbonyl (C=O) groups is 2. The van der Waals surface area contributed by atoms with Gasteiger partial charge in [-0.3, -0.25) is 14.6 Å². The summed E-state index contributed by atoms with van der Waals surface area (Å²) >= 11 is 0. The summed E-state index contributed by atoms with van der Waals surface area (Å²) in [4.78, 5) is 26.8. The van der Waals surface area contributed by atoms with Gasteiger partial charge in [-0.25, -0.2) is 0 Å². The van der Waals surface area contributed by atoms with Crippen molar-refractivity contribution in [3.63, 3.8) is 0 Å². The van der Waals surface area contributed by atoms with Crippen LogP contribution >= 0.6 is 0 Å². The first-order valence-electron chi connectivity index (χ1n) is 5.66. The van der Waals surface area contributed by atoms with Crippen LogP contribution < -0.4 is 11.1 Å². The SMILES string of the molecule is CCCC[C@@H](NC(=O)c1ccccn1)C(N)=O. The van der Waals surface area contributed by atoms with Crippen LogP contribution in [-0.4, -0.2) is 22.8 Å². The van der Waals surface area contributed by atoms with E-state index in [9.17, 15) is 9.59 Å². The summed E-state index contributed by atoms with van der Waals surface area (Å²) in [6, 6.07) is 4.41. The van der Waals surface area contributed by atoms with Gasteiger partial charge in [0.2, 0.25) is 5.91 Å². The molecular formula is C12H17N3O2. The minimum atomic E-state index is -0.621. The molecule has 1 aromatic heterocycles. The van der Waals surface area contributed by atoms with Crippen LogP contribution in [0.25, 0.3) is 0 Å². The first-order valence-corrected chi connectivity index (χ1v) is 5.66. The maximum absolute atomic E-state index is 11.7. The molecule has 92 valence electrons. The number of nitrogens with one attached hydrogen (secondary N) is 1. The summed E-state index contributed by atoms with van der Waals surface area (Å²) in [7, 11) is 0. The largest absolute Gasteiger partial charge is 0.368 e. The lowest BCUT2D eigenvalue weighted by molar-refractivity contribution is -0.120. The molecule has 1 atom stereocenters. The van der Waals surface area contributed by atoms with E-state index < -0.39 is 11.9 Å². The molecule has 0 radical (unpaired) electrons. The molecule has 0 aliphatic heterocycles. The highest BCUT2D eigenvalue weighted by molar-refractivity contribution is 5.95. The Morgan fingerprint density at radius 3 is 2.76 bits per heavy atom. The number of rotatable bonds is 6. The van der Waals surface area contributed by atoms with E-state index in [1.807, 2.05) is 6.92 Å². The summed E-state index contributed by atoms with van der Waals surface area (Å²) in [5.74, 6) is -0.881. The van der Waals surface area contributed by atoms with Gasteiger partial charge in [0.1, 0.15) is 11.7 Å². The molecule has 0 aliphatic carbocycles. The first-order chi connectivity index (χ1) is 8.15. The van der Waals surface area contributed by atoms with Crippen molar-refractivity contribution >= 4 is 11.8 Å². The summed E-state index contributed by atoms with van der Waals surface area (Å²) in [5.41, 5.74) is 5.52. The van der Waals surface area contributed by atoms with Crippen molar-refractivity contribution in [2.45, 2.75) is 32.2 Å². The topological polar surface area (TPSA) is 85.1 Å². The highest BCUT2D eigenvalue weighted by Crippen LogP contribution is 2.02. The first kappa shape index (κ1) is 13.2. The summed E-state index contributed by atoms with van der Waals surface area (Å²) in [6.07, 6.45) is 3.88. The second-order valence-electron chi connectivity index (χ2n) is 3.79. The smallest absolute Gasteiger partial charge is 0.270 e. The van der Waals surface area contributed by atoms with E-state index >= 15 is 0 Å². The van der Waals surface area contributed by atoms with Crippen LogP contribution in [0.2, 0.25) is 0 Å². The summed E-state index contributed by atoms with van der Waals surface area (Å²) < 4.78 is 0. The summed E-state index contributed by atoms with van der Waals surface area (Å²) in [6.45, 7) is 2.01. The van der Waals surface area contributed by atoms with E-state index in [4.69, 9.17) is 5.73 Å². The Morgan fingerprint density at radius 2 is 2.24 bits per heavy atom. The number of unbranched alkanes of at least 4 members (excludes halogenated alkanes) is 1. The maximum atomic E-state index is 11.7. The Kier molecular flexibility index (Phi) is 5.13. The van der Waals surface area contributed by atoms with E-state index in [-0.39, 0.29) is 11.6 Å². The van der Waals surface area contributed by atoms with Crippen molar-refractivity contribution in [3.05, 3.63) is 30.1 Å². The second-order valence-corrected chi connectivity index (χ2v) is 3.79. The molecule has 5 heteroatoms. The molecule has 17 heavy (non-hydrogen) atoms.